The number of aromatic nitrogens is 3. The minimum atomic E-state index is -0.347. The van der Waals surface area contributed by atoms with E-state index in [0.29, 0.717) is 36.7 Å². The molecule has 3 aromatic rings. The van der Waals surface area contributed by atoms with Crippen LogP contribution in [0.2, 0.25) is 0 Å². The Morgan fingerprint density at radius 2 is 2.03 bits per heavy atom. The fraction of sp³-hybridized carbons (Fsp3) is 0.261. The van der Waals surface area contributed by atoms with Gasteiger partial charge in [0.25, 0.3) is 0 Å². The highest BCUT2D eigenvalue weighted by atomic mass is 19.1. The monoisotopic (exact) mass is 436 g/mol. The Morgan fingerprint density at radius 1 is 1.19 bits per heavy atom. The number of anilines is 1. The largest absolute Gasteiger partial charge is 0.481 e. The van der Waals surface area contributed by atoms with Gasteiger partial charge in [-0.05, 0) is 30.7 Å². The van der Waals surface area contributed by atoms with E-state index in [-0.39, 0.29) is 17.7 Å². The minimum Gasteiger partial charge on any atom is -0.481 e. The number of hydrogen-bond donors (Lipinski definition) is 3. The molecule has 1 atom stereocenters. The van der Waals surface area contributed by atoms with Gasteiger partial charge in [-0.15, -0.1) is 0 Å². The molecule has 166 valence electrons. The van der Waals surface area contributed by atoms with E-state index in [9.17, 15) is 4.39 Å². The summed E-state index contributed by atoms with van der Waals surface area (Å²) >= 11 is 0. The van der Waals surface area contributed by atoms with Gasteiger partial charge < -0.3 is 16.2 Å². The maximum Gasteiger partial charge on any atom is 0.220 e. The first kappa shape index (κ1) is 21.7. The normalized spacial score (nSPS) is 15.1. The number of fused-ring (bicyclic) bond motifs is 1. The fourth-order valence-electron chi connectivity index (χ4n) is 3.93. The highest BCUT2D eigenvalue weighted by Crippen LogP contribution is 2.38. The molecule has 2 aromatic heterocycles. The van der Waals surface area contributed by atoms with Crippen LogP contribution in [0, 0.1) is 12.7 Å². The lowest BCUT2D eigenvalue weighted by Gasteiger charge is -2.26. The van der Waals surface area contributed by atoms with Crippen LogP contribution in [0.5, 0.6) is 5.88 Å². The number of methoxy groups -OCH3 is 1. The maximum atomic E-state index is 14.3. The van der Waals surface area contributed by atoms with Crippen molar-refractivity contribution in [3.63, 3.8) is 0 Å². The summed E-state index contributed by atoms with van der Waals surface area (Å²) in [4.78, 5) is 18.8. The van der Waals surface area contributed by atoms with Gasteiger partial charge in [-0.25, -0.2) is 19.3 Å². The number of allylic oxidation sites excluding steroid dienone is 1. The molecule has 1 aliphatic rings. The van der Waals surface area contributed by atoms with Crippen LogP contribution in [0.4, 0.5) is 10.3 Å². The van der Waals surface area contributed by atoms with Gasteiger partial charge in [0, 0.05) is 36.1 Å². The van der Waals surface area contributed by atoms with E-state index >= 15 is 0 Å². The molecule has 0 aliphatic heterocycles. The van der Waals surface area contributed by atoms with Crippen molar-refractivity contribution in [2.75, 3.05) is 26.0 Å². The first-order chi connectivity index (χ1) is 15.5. The summed E-state index contributed by atoms with van der Waals surface area (Å²) in [7, 11) is 1.55. The Morgan fingerprint density at radius 3 is 2.81 bits per heavy atom. The number of nitrogens with two attached hydrogens (primary N) is 2. The van der Waals surface area contributed by atoms with Gasteiger partial charge in [0.15, 0.2) is 0 Å². The average Bonchev–Trinajstić information content (AvgIpc) is 2.78. The molecule has 0 fully saturated rings. The Balaban J connectivity index is 1.82. The quantitative estimate of drug-likeness (QED) is 0.382. The van der Waals surface area contributed by atoms with Crippen molar-refractivity contribution in [2.45, 2.75) is 19.3 Å². The van der Waals surface area contributed by atoms with Crippen LogP contribution in [0.15, 0.2) is 42.5 Å². The second-order valence-electron chi connectivity index (χ2n) is 7.42. The number of halogens is 1. The summed E-state index contributed by atoms with van der Waals surface area (Å²) in [5, 5.41) is 0. The molecule has 2 heterocycles. The molecule has 5 N–H and O–H groups in total. The summed E-state index contributed by atoms with van der Waals surface area (Å²) in [6.07, 6.45) is 2.59. The van der Waals surface area contributed by atoms with Crippen molar-refractivity contribution in [3.8, 4) is 17.1 Å². The summed E-state index contributed by atoms with van der Waals surface area (Å²) in [5.74, 6) is 0.179. The molecular formula is C23H25FN6O2. The Hall–Kier alpha value is -3.56. The molecule has 0 radical (unpaired) electrons. The van der Waals surface area contributed by atoms with Crippen LogP contribution in [-0.4, -0.2) is 35.2 Å². The molecule has 4 rings (SSSR count). The number of nitrogens with one attached hydrogen (secondary N) is 1. The molecule has 0 amide bonds. The molecule has 0 saturated carbocycles. The van der Waals surface area contributed by atoms with Crippen LogP contribution in [0.3, 0.4) is 0 Å². The maximum absolute atomic E-state index is 14.3. The molecule has 1 aromatic carbocycles. The summed E-state index contributed by atoms with van der Waals surface area (Å²) < 4.78 is 19.5. The third kappa shape index (κ3) is 4.39. The van der Waals surface area contributed by atoms with E-state index in [0.717, 1.165) is 28.2 Å². The number of ether oxygens (including phenoxy) is 1. The molecule has 0 bridgehead atoms. The predicted molar refractivity (Wildman–Crippen MR) is 120 cm³/mol. The zero-order chi connectivity index (χ0) is 22.7. The third-order valence-corrected chi connectivity index (χ3v) is 5.26. The Labute approximate surface area is 185 Å². The SMILES string of the molecule is COc1cccc(-c2cc(F)ccc2C2C=C(NOCCN)c3c(C)nc(N)nc3C2)n1. The van der Waals surface area contributed by atoms with E-state index in [1.54, 1.807) is 19.2 Å². The van der Waals surface area contributed by atoms with Gasteiger partial charge >= 0.3 is 0 Å². The van der Waals surface area contributed by atoms with Crippen molar-refractivity contribution < 1.29 is 14.0 Å². The zero-order valence-electron chi connectivity index (χ0n) is 17.9. The lowest BCUT2D eigenvalue weighted by molar-refractivity contribution is 0.0844. The number of aryl methyl sites for hydroxylation is 1. The van der Waals surface area contributed by atoms with Crippen molar-refractivity contribution >= 4 is 11.6 Å². The lowest BCUT2D eigenvalue weighted by Crippen LogP contribution is -2.24. The van der Waals surface area contributed by atoms with Crippen molar-refractivity contribution in [2.24, 2.45) is 5.73 Å². The van der Waals surface area contributed by atoms with Crippen molar-refractivity contribution in [1.29, 1.82) is 0 Å². The standard InChI is InChI=1S/C23H25FN6O2/c1-13-22-19(29-23(26)27-13)10-14(11-20(22)30-32-9-8-25)16-7-6-15(24)12-17(16)18-4-3-5-21(28-18)31-2/h3-7,11-12,14,30H,8-10,25H2,1-2H3,(H2,26,27,29). The van der Waals surface area contributed by atoms with Crippen LogP contribution in [0.25, 0.3) is 17.0 Å². The molecule has 1 aliphatic carbocycles. The van der Waals surface area contributed by atoms with Gasteiger partial charge in [-0.2, -0.15) is 0 Å². The van der Waals surface area contributed by atoms with Crippen LogP contribution >= 0.6 is 0 Å². The number of hydroxylamine groups is 1. The smallest absolute Gasteiger partial charge is 0.220 e. The number of nitrogens with zero attached hydrogens (tertiary/aromatic N) is 3. The first-order valence-corrected chi connectivity index (χ1v) is 10.2. The molecule has 1 unspecified atom stereocenters. The molecular weight excluding hydrogens is 411 g/mol. The van der Waals surface area contributed by atoms with Gasteiger partial charge in [-0.1, -0.05) is 18.2 Å². The lowest BCUT2D eigenvalue weighted by atomic mass is 9.83. The van der Waals surface area contributed by atoms with Gasteiger partial charge in [0.1, 0.15) is 5.82 Å². The minimum absolute atomic E-state index is 0.135. The van der Waals surface area contributed by atoms with E-state index in [1.165, 1.54) is 12.1 Å². The molecule has 0 saturated heterocycles. The number of benzene rings is 1. The van der Waals surface area contributed by atoms with Crippen LogP contribution in [-0.2, 0) is 11.3 Å². The number of hydrogen-bond acceptors (Lipinski definition) is 8. The topological polar surface area (TPSA) is 121 Å². The number of nitrogen functional groups attached to an aromatic ring is 1. The summed E-state index contributed by atoms with van der Waals surface area (Å²) in [6, 6.07) is 10.1. The predicted octanol–water partition coefficient (Wildman–Crippen LogP) is 2.74. The molecule has 8 nitrogen and oxygen atoms in total. The Kier molecular flexibility index (Phi) is 6.29. The van der Waals surface area contributed by atoms with Crippen LogP contribution in [0.1, 0.15) is 28.4 Å². The van der Waals surface area contributed by atoms with E-state index in [1.807, 2.05) is 25.1 Å². The van der Waals surface area contributed by atoms with Gasteiger partial charge in [-0.3, -0.25) is 10.3 Å². The van der Waals surface area contributed by atoms with Crippen LogP contribution < -0.4 is 21.7 Å². The first-order valence-electron chi connectivity index (χ1n) is 10.2. The van der Waals surface area contributed by atoms with Crippen molar-refractivity contribution in [3.05, 3.63) is 70.8 Å². The fourth-order valence-corrected chi connectivity index (χ4v) is 3.93. The van der Waals surface area contributed by atoms with Gasteiger partial charge in [0.2, 0.25) is 11.8 Å². The highest BCUT2D eigenvalue weighted by Gasteiger charge is 2.27. The molecule has 32 heavy (non-hydrogen) atoms. The molecule has 0 spiro atoms. The number of pyridine rings is 1. The highest BCUT2D eigenvalue weighted by molar-refractivity contribution is 5.73. The number of rotatable bonds is 7. The molecule has 9 heteroatoms. The van der Waals surface area contributed by atoms with E-state index in [4.69, 9.17) is 21.0 Å². The second-order valence-corrected chi connectivity index (χ2v) is 7.42. The van der Waals surface area contributed by atoms with Crippen molar-refractivity contribution in [1.82, 2.24) is 20.4 Å². The van der Waals surface area contributed by atoms with E-state index < -0.39 is 0 Å². The Bertz CT molecular complexity index is 1170. The van der Waals surface area contributed by atoms with Gasteiger partial charge in [0.05, 0.1) is 36.5 Å². The average molecular weight is 436 g/mol. The summed E-state index contributed by atoms with van der Waals surface area (Å²) in [6.45, 7) is 2.58. The zero-order valence-corrected chi connectivity index (χ0v) is 17.9. The van der Waals surface area contributed by atoms with E-state index in [2.05, 4.69) is 20.4 Å². The second kappa shape index (κ2) is 9.29. The summed E-state index contributed by atoms with van der Waals surface area (Å²) in [5.41, 5.74) is 19.7. The third-order valence-electron chi connectivity index (χ3n) is 5.26.